The summed E-state index contributed by atoms with van der Waals surface area (Å²) in [6, 6.07) is 5.39. The Kier molecular flexibility index (Phi) is 20.7. The second kappa shape index (κ2) is 23.3. The van der Waals surface area contributed by atoms with E-state index >= 15 is 0 Å². The van der Waals surface area contributed by atoms with Crippen LogP contribution in [0.1, 0.15) is 92.6 Å². The molecule has 0 radical (unpaired) electrons. The first-order valence-corrected chi connectivity index (χ1v) is 20.2. The predicted molar refractivity (Wildman–Crippen MR) is 215 cm³/mol. The van der Waals surface area contributed by atoms with Crippen LogP contribution in [-0.4, -0.2) is 166 Å². The van der Waals surface area contributed by atoms with Crippen molar-refractivity contribution in [3.63, 3.8) is 0 Å². The maximum Gasteiger partial charge on any atom is 0.269 e. The van der Waals surface area contributed by atoms with Crippen molar-refractivity contribution in [3.8, 4) is 0 Å². The van der Waals surface area contributed by atoms with Crippen molar-refractivity contribution >= 4 is 5.69 Å². The molecule has 12 atom stereocenters. The second-order valence-corrected chi connectivity index (χ2v) is 16.6. The smallest absolute Gasteiger partial charge is 0.269 e. The molecule has 56 heavy (non-hydrogen) atoms. The first-order chi connectivity index (χ1) is 26.2. The Morgan fingerprint density at radius 1 is 1.09 bits per heavy atom. The van der Waals surface area contributed by atoms with Gasteiger partial charge in [0, 0.05) is 44.9 Å². The van der Waals surface area contributed by atoms with Crippen LogP contribution in [0.2, 0.25) is 0 Å². The summed E-state index contributed by atoms with van der Waals surface area (Å²) >= 11 is 0. The van der Waals surface area contributed by atoms with Gasteiger partial charge in [-0.3, -0.25) is 15.1 Å². The molecule has 0 bridgehead atoms. The lowest BCUT2D eigenvalue weighted by atomic mass is 9.85. The Balaban J connectivity index is 1.82. The van der Waals surface area contributed by atoms with Crippen LogP contribution < -0.4 is 0 Å². The van der Waals surface area contributed by atoms with E-state index in [0.717, 1.165) is 31.4 Å². The number of hydrogen-bond donors (Lipinski definition) is 5. The standard InChI is InChI=1S/C40H74N6O10/c1-12-35(54-11)40(7,51)37(49)29(4)44(9)25-27(2)24-39(6,50)30(5)56-38-36(48)34(22-28(3)55-38)43(8)21-15-13-14-20-41-42-45(10)33(26-47)23-31-16-18-32(19-17-31)46(52)53/h16-19,27-30,33-38,47-51H,12-15,20-26H2,1-11H3/t27-,28-,29-,30-,33?,34?,35-,36-,37-,38?,39-,40-/m1/s1. The SMILES string of the molecule is CC[C@@H](OC)[C@@](C)(O)[C@H](O)[C@@H](C)N(C)C[C@H](C)C[C@@](C)(O)[C@@H](C)OC1O[C@H](C)CC(N(C)CCCCCN=NN(C)C(CO)Cc2ccc([N+](=O)[O-])cc2)[C@H]1O. The fraction of sp³-hybridized carbons (Fsp3) is 0.850. The third-order valence-electron chi connectivity index (χ3n) is 11.6. The number of likely N-dealkylation sites (N-methyl/N-ethyl adjacent to an activating group) is 3. The predicted octanol–water partition coefficient (Wildman–Crippen LogP) is 3.80. The molecule has 16 nitrogen and oxygen atoms in total. The zero-order chi connectivity index (χ0) is 42.4. The molecule has 1 aliphatic rings. The van der Waals surface area contributed by atoms with Crippen LogP contribution >= 0.6 is 0 Å². The van der Waals surface area contributed by atoms with Crippen molar-refractivity contribution in [2.24, 2.45) is 16.3 Å². The maximum atomic E-state index is 11.6. The molecule has 324 valence electrons. The van der Waals surface area contributed by atoms with Gasteiger partial charge in [0.1, 0.15) is 17.8 Å². The van der Waals surface area contributed by atoms with E-state index in [0.29, 0.717) is 38.8 Å². The van der Waals surface area contributed by atoms with Crippen molar-refractivity contribution in [3.05, 3.63) is 39.9 Å². The summed E-state index contributed by atoms with van der Waals surface area (Å²) in [5, 5.41) is 76.0. The quantitative estimate of drug-likeness (QED) is 0.0392. The molecule has 2 rings (SSSR count). The van der Waals surface area contributed by atoms with Crippen molar-refractivity contribution in [1.82, 2.24) is 14.8 Å². The monoisotopic (exact) mass is 799 g/mol. The van der Waals surface area contributed by atoms with Crippen LogP contribution in [0.15, 0.2) is 34.6 Å². The highest BCUT2D eigenvalue weighted by atomic mass is 16.7. The van der Waals surface area contributed by atoms with Gasteiger partial charge in [-0.15, -0.1) is 0 Å². The molecule has 3 unspecified atom stereocenters. The van der Waals surface area contributed by atoms with E-state index in [1.54, 1.807) is 45.0 Å². The zero-order valence-corrected chi connectivity index (χ0v) is 35.8. The van der Waals surface area contributed by atoms with Gasteiger partial charge in [-0.1, -0.05) is 37.6 Å². The molecule has 1 aromatic rings. The molecule has 0 amide bonds. The van der Waals surface area contributed by atoms with Gasteiger partial charge >= 0.3 is 0 Å². The summed E-state index contributed by atoms with van der Waals surface area (Å²) in [6.45, 7) is 14.6. The molecule has 1 heterocycles. The van der Waals surface area contributed by atoms with Crippen LogP contribution in [0.3, 0.4) is 0 Å². The first kappa shape index (κ1) is 49.8. The average molecular weight is 799 g/mol. The van der Waals surface area contributed by atoms with Gasteiger partial charge in [0.05, 0.1) is 48.0 Å². The van der Waals surface area contributed by atoms with Gasteiger partial charge in [0.2, 0.25) is 0 Å². The number of methoxy groups -OCH3 is 1. The number of unbranched alkanes of at least 4 members (excludes halogenated alkanes) is 2. The number of aliphatic hydroxyl groups is 5. The number of non-ortho nitro benzene ring substituents is 1. The van der Waals surface area contributed by atoms with E-state index in [4.69, 9.17) is 14.2 Å². The molecular weight excluding hydrogens is 724 g/mol. The summed E-state index contributed by atoms with van der Waals surface area (Å²) in [4.78, 5) is 14.6. The van der Waals surface area contributed by atoms with Crippen molar-refractivity contribution in [2.75, 3.05) is 54.5 Å². The van der Waals surface area contributed by atoms with Crippen LogP contribution in [0.25, 0.3) is 0 Å². The van der Waals surface area contributed by atoms with E-state index in [2.05, 4.69) is 15.2 Å². The molecule has 1 aliphatic heterocycles. The molecule has 16 heteroatoms. The Bertz CT molecular complexity index is 1300. The highest BCUT2D eigenvalue weighted by molar-refractivity contribution is 5.33. The molecule has 5 N–H and O–H groups in total. The fourth-order valence-electron chi connectivity index (χ4n) is 7.70. The molecule has 1 saturated heterocycles. The van der Waals surface area contributed by atoms with E-state index in [1.165, 1.54) is 19.2 Å². The molecule has 0 spiro atoms. The highest BCUT2D eigenvalue weighted by Gasteiger charge is 2.44. The largest absolute Gasteiger partial charge is 0.394 e. The van der Waals surface area contributed by atoms with Gasteiger partial charge < -0.3 is 49.5 Å². The minimum absolute atomic E-state index is 0.00868. The van der Waals surface area contributed by atoms with Crippen molar-refractivity contribution in [2.45, 2.75) is 160 Å². The topological polar surface area (TPSA) is 206 Å². The minimum Gasteiger partial charge on any atom is -0.394 e. The molecule has 1 fully saturated rings. The summed E-state index contributed by atoms with van der Waals surface area (Å²) in [5.74, 6) is 0.00868. The number of rotatable bonds is 26. The first-order valence-electron chi connectivity index (χ1n) is 20.2. The Morgan fingerprint density at radius 3 is 2.30 bits per heavy atom. The second-order valence-electron chi connectivity index (χ2n) is 16.6. The summed E-state index contributed by atoms with van der Waals surface area (Å²) < 4.78 is 17.7. The average Bonchev–Trinajstić information content (AvgIpc) is 3.13. The number of ether oxygens (including phenoxy) is 3. The third kappa shape index (κ3) is 14.8. The van der Waals surface area contributed by atoms with Gasteiger partial charge in [-0.2, -0.15) is 5.11 Å². The lowest BCUT2D eigenvalue weighted by Crippen LogP contribution is -2.58. The van der Waals surface area contributed by atoms with E-state index in [1.807, 2.05) is 46.7 Å². The van der Waals surface area contributed by atoms with Gasteiger partial charge in [-0.25, -0.2) is 0 Å². The van der Waals surface area contributed by atoms with Crippen molar-refractivity contribution < 1.29 is 44.7 Å². The zero-order valence-electron chi connectivity index (χ0n) is 35.8. The van der Waals surface area contributed by atoms with E-state index < -0.39 is 46.8 Å². The lowest BCUT2D eigenvalue weighted by Gasteiger charge is -2.44. The van der Waals surface area contributed by atoms with Gasteiger partial charge in [0.15, 0.2) is 6.29 Å². The van der Waals surface area contributed by atoms with Crippen LogP contribution in [0.5, 0.6) is 0 Å². The van der Waals surface area contributed by atoms with E-state index in [9.17, 15) is 35.6 Å². The summed E-state index contributed by atoms with van der Waals surface area (Å²) in [7, 11) is 7.16. The molecule has 0 aliphatic carbocycles. The molecule has 1 aromatic carbocycles. The number of hydrogen-bond acceptors (Lipinski definition) is 14. The number of aliphatic hydroxyl groups excluding tert-OH is 3. The number of nitro benzene ring substituents is 1. The van der Waals surface area contributed by atoms with Crippen LogP contribution in [-0.2, 0) is 20.6 Å². The number of benzene rings is 1. The summed E-state index contributed by atoms with van der Waals surface area (Å²) in [6.07, 6.45) is 0.505. The number of nitrogens with zero attached hydrogens (tertiary/aromatic N) is 6. The lowest BCUT2D eigenvalue weighted by molar-refractivity contribution is -0.384. The highest BCUT2D eigenvalue weighted by Crippen LogP contribution is 2.31. The van der Waals surface area contributed by atoms with Crippen molar-refractivity contribution in [1.29, 1.82) is 0 Å². The molecule has 0 aromatic heterocycles. The molecular formula is C40H74N6O10. The normalized spacial score (nSPS) is 24.7. The Hall–Kier alpha value is -2.38. The number of nitro groups is 1. The Morgan fingerprint density at radius 2 is 1.73 bits per heavy atom. The van der Waals surface area contributed by atoms with Gasteiger partial charge in [0.25, 0.3) is 5.69 Å². The van der Waals surface area contributed by atoms with Crippen LogP contribution in [0, 0.1) is 16.0 Å². The van der Waals surface area contributed by atoms with E-state index in [-0.39, 0.29) is 42.4 Å². The summed E-state index contributed by atoms with van der Waals surface area (Å²) in [5.41, 5.74) is -1.79. The maximum absolute atomic E-state index is 11.6. The third-order valence-corrected chi connectivity index (χ3v) is 11.6. The fourth-order valence-corrected chi connectivity index (χ4v) is 7.70. The minimum atomic E-state index is -1.43. The molecule has 0 saturated carbocycles. The Labute approximate surface area is 334 Å². The van der Waals surface area contributed by atoms with Crippen LogP contribution in [0.4, 0.5) is 5.69 Å². The van der Waals surface area contributed by atoms with Gasteiger partial charge in [-0.05, 0) is 105 Å².